The van der Waals surface area contributed by atoms with Crippen molar-refractivity contribution in [2.45, 2.75) is 84.2 Å². The lowest BCUT2D eigenvalue weighted by molar-refractivity contribution is -0.148. The van der Waals surface area contributed by atoms with E-state index in [1.807, 2.05) is 27.7 Å². The molecule has 212 valence electrons. The third-order valence-electron chi connectivity index (χ3n) is 6.36. The number of amides is 1. The molecule has 3 N–H and O–H groups in total. The third kappa shape index (κ3) is 8.10. The molecule has 0 spiro atoms. The Balaban J connectivity index is 2.31. The Morgan fingerprint density at radius 1 is 1.16 bits per heavy atom. The lowest BCUT2D eigenvalue weighted by atomic mass is 10.0. The average Bonchev–Trinajstić information content (AvgIpc) is 2.80. The maximum atomic E-state index is 13.8. The Labute approximate surface area is 221 Å². The molecule has 11 heteroatoms. The Morgan fingerprint density at radius 3 is 2.32 bits per heavy atom. The van der Waals surface area contributed by atoms with E-state index in [1.54, 1.807) is 18.0 Å². The highest BCUT2D eigenvalue weighted by Gasteiger charge is 2.35. The van der Waals surface area contributed by atoms with Crippen LogP contribution in [0.1, 0.15) is 71.4 Å². The van der Waals surface area contributed by atoms with Crippen LogP contribution in [0.5, 0.6) is 0 Å². The van der Waals surface area contributed by atoms with Crippen molar-refractivity contribution in [3.63, 3.8) is 0 Å². The number of hydrogen-bond donors (Lipinski definition) is 3. The fourth-order valence-electron chi connectivity index (χ4n) is 3.98. The van der Waals surface area contributed by atoms with Crippen LogP contribution in [0, 0.1) is 11.2 Å². The van der Waals surface area contributed by atoms with Crippen molar-refractivity contribution in [2.24, 2.45) is 0 Å². The summed E-state index contributed by atoms with van der Waals surface area (Å²) in [5.74, 6) is -1.85. The van der Waals surface area contributed by atoms with Gasteiger partial charge >= 0.3 is 6.18 Å². The second-order valence-corrected chi connectivity index (χ2v) is 11.0. The molecular weight excluding hydrogens is 502 g/mol. The largest absolute Gasteiger partial charge is 0.419 e. The number of halogens is 4. The van der Waals surface area contributed by atoms with Crippen molar-refractivity contribution in [2.75, 3.05) is 20.1 Å². The Hall–Kier alpha value is -2.79. The minimum atomic E-state index is -4.85. The summed E-state index contributed by atoms with van der Waals surface area (Å²) in [4.78, 5) is 14.4. The zero-order valence-corrected chi connectivity index (χ0v) is 23.1. The van der Waals surface area contributed by atoms with Crippen LogP contribution < -0.4 is 10.8 Å². The first kappa shape index (κ1) is 31.4. The van der Waals surface area contributed by atoms with Crippen LogP contribution in [-0.4, -0.2) is 57.0 Å². The van der Waals surface area contributed by atoms with E-state index in [-0.39, 0.29) is 28.2 Å². The number of aryl methyl sites for hydroxylation is 1. The topological polar surface area (TPSA) is 94.2 Å². The van der Waals surface area contributed by atoms with Crippen molar-refractivity contribution < 1.29 is 27.5 Å². The van der Waals surface area contributed by atoms with Crippen LogP contribution in [0.2, 0.25) is 0 Å². The predicted octanol–water partition coefficient (Wildman–Crippen LogP) is 4.69. The summed E-state index contributed by atoms with van der Waals surface area (Å²) < 4.78 is 55.1. The molecule has 0 aliphatic rings. The van der Waals surface area contributed by atoms with Gasteiger partial charge in [-0.05, 0) is 77.8 Å². The average molecular weight is 542 g/mol. The molecule has 38 heavy (non-hydrogen) atoms. The van der Waals surface area contributed by atoms with Crippen molar-refractivity contribution >= 4 is 5.91 Å². The normalized spacial score (nSPS) is 12.8. The van der Waals surface area contributed by atoms with Crippen molar-refractivity contribution in [3.8, 4) is 11.3 Å². The first-order chi connectivity index (χ1) is 17.4. The zero-order valence-electron chi connectivity index (χ0n) is 23.1. The van der Waals surface area contributed by atoms with Crippen LogP contribution in [0.25, 0.3) is 11.3 Å². The van der Waals surface area contributed by atoms with Crippen molar-refractivity contribution in [1.82, 2.24) is 20.0 Å². The molecule has 1 aromatic carbocycles. The Morgan fingerprint density at radius 2 is 1.79 bits per heavy atom. The summed E-state index contributed by atoms with van der Waals surface area (Å²) >= 11 is 0. The molecule has 0 bridgehead atoms. The second kappa shape index (κ2) is 11.9. The minimum absolute atomic E-state index is 0.0956. The second-order valence-electron chi connectivity index (χ2n) is 11.0. The highest BCUT2D eigenvalue weighted by Crippen LogP contribution is 2.34. The van der Waals surface area contributed by atoms with E-state index in [9.17, 15) is 27.5 Å². The highest BCUT2D eigenvalue weighted by molar-refractivity contribution is 5.84. The maximum absolute atomic E-state index is 13.8. The summed E-state index contributed by atoms with van der Waals surface area (Å²) in [7, 11) is 1.79. The van der Waals surface area contributed by atoms with Crippen LogP contribution in [0.4, 0.5) is 17.6 Å². The number of alkyl halides is 3. The SMILES string of the molecule is CNC(C)(C)CN(CCCCn1nc(-c2ccc(F)c(C(F)(F)F)c2)cc(C(C)C)c1=N)C(=O)C(C)(C)O. The molecule has 0 unspecified atom stereocenters. The smallest absolute Gasteiger partial charge is 0.381 e. The number of carbonyl (C=O) groups is 1. The molecule has 2 aromatic rings. The number of aromatic nitrogens is 2. The molecule has 0 aliphatic carbocycles. The molecular formula is C27H39F4N5O2. The van der Waals surface area contributed by atoms with E-state index in [4.69, 9.17) is 5.41 Å². The number of nitrogens with one attached hydrogen (secondary N) is 2. The van der Waals surface area contributed by atoms with Gasteiger partial charge in [0.1, 0.15) is 16.9 Å². The molecule has 0 saturated heterocycles. The van der Waals surface area contributed by atoms with Gasteiger partial charge in [-0.1, -0.05) is 13.8 Å². The number of benzene rings is 1. The van der Waals surface area contributed by atoms with Gasteiger partial charge in [0.05, 0.1) is 11.3 Å². The predicted molar refractivity (Wildman–Crippen MR) is 138 cm³/mol. The van der Waals surface area contributed by atoms with Gasteiger partial charge in [0.2, 0.25) is 0 Å². The molecule has 0 fully saturated rings. The van der Waals surface area contributed by atoms with E-state index >= 15 is 0 Å². The van der Waals surface area contributed by atoms with Gasteiger partial charge in [-0.2, -0.15) is 18.3 Å². The molecule has 1 heterocycles. The van der Waals surface area contributed by atoms with Gasteiger partial charge < -0.3 is 15.3 Å². The number of hydrogen-bond acceptors (Lipinski definition) is 5. The zero-order chi connectivity index (χ0) is 29.1. The fourth-order valence-corrected chi connectivity index (χ4v) is 3.98. The van der Waals surface area contributed by atoms with Crippen molar-refractivity contribution in [3.05, 3.63) is 46.7 Å². The highest BCUT2D eigenvalue weighted by atomic mass is 19.4. The standard InChI is InChI=1S/C27H39F4N5O2/c1-17(2)19-15-22(18-10-11-21(28)20(14-18)27(29,30)31)34-36(23(19)32)13-9-8-12-35(16-25(3,4)33-7)24(37)26(5,6)38/h10-11,14-15,17,32-33,38H,8-9,12-13,16H2,1-7H3. The van der Waals surface area contributed by atoms with Crippen LogP contribution in [0.3, 0.4) is 0 Å². The molecule has 0 radical (unpaired) electrons. The van der Waals surface area contributed by atoms with Crippen LogP contribution in [0.15, 0.2) is 24.3 Å². The molecule has 2 rings (SSSR count). The summed E-state index contributed by atoms with van der Waals surface area (Å²) in [5, 5.41) is 26.4. The van der Waals surface area contributed by atoms with E-state index in [0.717, 1.165) is 12.1 Å². The number of aliphatic hydroxyl groups is 1. The molecule has 0 atom stereocenters. The number of likely N-dealkylation sites (N-methyl/N-ethyl adjacent to an activating group) is 1. The van der Waals surface area contributed by atoms with E-state index in [0.29, 0.717) is 38.0 Å². The lowest BCUT2D eigenvalue weighted by Gasteiger charge is -2.35. The molecule has 0 saturated carbocycles. The third-order valence-corrected chi connectivity index (χ3v) is 6.36. The molecule has 7 nitrogen and oxygen atoms in total. The number of rotatable bonds is 11. The molecule has 0 aliphatic heterocycles. The summed E-state index contributed by atoms with van der Waals surface area (Å²) in [5.41, 5.74) is -2.22. The van der Waals surface area contributed by atoms with Crippen LogP contribution >= 0.6 is 0 Å². The van der Waals surface area contributed by atoms with Gasteiger partial charge in [0.25, 0.3) is 5.91 Å². The Bertz CT molecular complexity index is 1180. The summed E-state index contributed by atoms with van der Waals surface area (Å²) in [6.07, 6.45) is -3.77. The Kier molecular flexibility index (Phi) is 9.88. The van der Waals surface area contributed by atoms with Gasteiger partial charge in [-0.3, -0.25) is 10.2 Å². The maximum Gasteiger partial charge on any atom is 0.419 e. The van der Waals surface area contributed by atoms with Gasteiger partial charge in [-0.15, -0.1) is 0 Å². The minimum Gasteiger partial charge on any atom is -0.381 e. The fraction of sp³-hybridized carbons (Fsp3) is 0.593. The van der Waals surface area contributed by atoms with Crippen LogP contribution in [-0.2, 0) is 17.5 Å². The summed E-state index contributed by atoms with van der Waals surface area (Å²) in [6.45, 7) is 11.6. The van der Waals surface area contributed by atoms with Gasteiger partial charge in [0, 0.05) is 36.3 Å². The first-order valence-electron chi connectivity index (χ1n) is 12.6. The van der Waals surface area contributed by atoms with Gasteiger partial charge in [-0.25, -0.2) is 9.07 Å². The summed E-state index contributed by atoms with van der Waals surface area (Å²) in [6, 6.07) is 4.32. The van der Waals surface area contributed by atoms with Gasteiger partial charge in [0.15, 0.2) is 0 Å². The molecule has 1 aromatic heterocycles. The number of carbonyl (C=O) groups excluding carboxylic acids is 1. The molecule has 1 amide bonds. The monoisotopic (exact) mass is 541 g/mol. The number of unbranched alkanes of at least 4 members (excludes halogenated alkanes) is 1. The van der Waals surface area contributed by atoms with E-state index < -0.39 is 29.1 Å². The lowest BCUT2D eigenvalue weighted by Crippen LogP contribution is -2.54. The number of nitrogens with zero attached hydrogens (tertiary/aromatic N) is 3. The van der Waals surface area contributed by atoms with Crippen molar-refractivity contribution in [1.29, 1.82) is 5.41 Å². The quantitative estimate of drug-likeness (QED) is 0.284. The van der Waals surface area contributed by atoms with E-state index in [2.05, 4.69) is 10.4 Å². The first-order valence-corrected chi connectivity index (χ1v) is 12.6. The van der Waals surface area contributed by atoms with E-state index in [1.165, 1.54) is 24.6 Å².